The summed E-state index contributed by atoms with van der Waals surface area (Å²) in [5.41, 5.74) is 2.01. The summed E-state index contributed by atoms with van der Waals surface area (Å²) in [6.07, 6.45) is 0. The minimum atomic E-state index is -0.661. The van der Waals surface area contributed by atoms with Gasteiger partial charge in [0.2, 0.25) is 0 Å². The summed E-state index contributed by atoms with van der Waals surface area (Å²) in [6, 6.07) is 18.7. The summed E-state index contributed by atoms with van der Waals surface area (Å²) < 4.78 is 20.2. The Hall–Kier alpha value is -1.43. The Balaban J connectivity index is 2.00. The summed E-state index contributed by atoms with van der Waals surface area (Å²) in [6.45, 7) is 0. The zero-order valence-corrected chi connectivity index (χ0v) is 11.8. The molecule has 18 heavy (non-hydrogen) atoms. The average molecular weight is 353 g/mol. The van der Waals surface area contributed by atoms with Crippen molar-refractivity contribution in [2.75, 3.05) is 0 Å². The molecule has 0 fully saturated rings. The molecule has 0 saturated carbocycles. The molecular formula is C15H10FOTe+. The van der Waals surface area contributed by atoms with Gasteiger partial charge in [0.15, 0.2) is 0 Å². The molecule has 0 aliphatic carbocycles. The summed E-state index contributed by atoms with van der Waals surface area (Å²) in [7, 11) is 0. The van der Waals surface area contributed by atoms with Crippen LogP contribution >= 0.6 is 0 Å². The van der Waals surface area contributed by atoms with Crippen molar-refractivity contribution in [3.05, 3.63) is 66.5 Å². The Bertz CT molecular complexity index is 661. The van der Waals surface area contributed by atoms with E-state index in [0.717, 1.165) is 11.3 Å². The first kappa shape index (κ1) is 11.6. The van der Waals surface area contributed by atoms with Crippen LogP contribution in [0.3, 0.4) is 0 Å². The molecule has 1 nitrogen and oxygen atoms in total. The third-order valence-electron chi connectivity index (χ3n) is 2.65. The topological polar surface area (TPSA) is 11.3 Å². The van der Waals surface area contributed by atoms with Crippen molar-refractivity contribution in [2.24, 2.45) is 0 Å². The molecule has 3 aromatic rings. The molecule has 0 bridgehead atoms. The molecule has 1 heterocycles. The van der Waals surface area contributed by atoms with Crippen LogP contribution in [0.15, 0.2) is 63.4 Å². The van der Waals surface area contributed by atoms with E-state index in [1.807, 2.05) is 30.3 Å². The van der Waals surface area contributed by atoms with Crippen molar-refractivity contribution < 1.29 is 7.15 Å². The molecule has 3 rings (SSSR count). The van der Waals surface area contributed by atoms with Crippen molar-refractivity contribution in [3.63, 3.8) is 0 Å². The third-order valence-corrected chi connectivity index (χ3v) is 4.92. The predicted octanol–water partition coefficient (Wildman–Crippen LogP) is 4.09. The van der Waals surface area contributed by atoms with Crippen molar-refractivity contribution >= 4 is 20.9 Å². The van der Waals surface area contributed by atoms with E-state index in [2.05, 4.69) is 12.1 Å². The first-order valence-electron chi connectivity index (χ1n) is 5.57. The van der Waals surface area contributed by atoms with Gasteiger partial charge in [0.05, 0.1) is 0 Å². The molecule has 0 saturated heterocycles. The molecule has 2 aromatic carbocycles. The number of hydrogen-bond acceptors (Lipinski definition) is 0. The Morgan fingerprint density at radius 1 is 0.833 bits per heavy atom. The molecule has 88 valence electrons. The van der Waals surface area contributed by atoms with Crippen LogP contribution in [0.5, 0.6) is 0 Å². The molecule has 3 heteroatoms. The maximum absolute atomic E-state index is 13.2. The number of benzene rings is 2. The molecule has 0 aliphatic rings. The molecule has 0 unspecified atom stereocenters. The van der Waals surface area contributed by atoms with Gasteiger partial charge in [0.1, 0.15) is 0 Å². The van der Waals surface area contributed by atoms with Crippen LogP contribution in [-0.4, -0.2) is 20.9 Å². The van der Waals surface area contributed by atoms with E-state index < -0.39 is 20.9 Å². The Kier molecular flexibility index (Phi) is 3.27. The van der Waals surface area contributed by atoms with Crippen LogP contribution in [0, 0.1) is 5.82 Å². The van der Waals surface area contributed by atoms with Gasteiger partial charge >= 0.3 is 115 Å². The Labute approximate surface area is 115 Å². The van der Waals surface area contributed by atoms with E-state index in [0.29, 0.717) is 0 Å². The normalized spacial score (nSPS) is 10.5. The van der Waals surface area contributed by atoms with Gasteiger partial charge in [0, 0.05) is 0 Å². The first-order chi connectivity index (χ1) is 8.83. The van der Waals surface area contributed by atoms with Gasteiger partial charge in [-0.2, -0.15) is 0 Å². The molecular weight excluding hydrogens is 343 g/mol. The number of hydrogen-bond donors (Lipinski definition) is 0. The van der Waals surface area contributed by atoms with Crippen LogP contribution in [0.25, 0.3) is 20.5 Å². The van der Waals surface area contributed by atoms with Crippen molar-refractivity contribution in [1.82, 2.24) is 0 Å². The number of halogens is 1. The van der Waals surface area contributed by atoms with Gasteiger partial charge in [-0.25, -0.2) is 0 Å². The molecule has 0 aliphatic heterocycles. The molecule has 0 spiro atoms. The second kappa shape index (κ2) is 5.06. The van der Waals surface area contributed by atoms with Gasteiger partial charge in [-0.05, 0) is 0 Å². The van der Waals surface area contributed by atoms with E-state index in [1.165, 1.54) is 21.3 Å². The van der Waals surface area contributed by atoms with Crippen LogP contribution in [0.4, 0.5) is 4.39 Å². The standard InChI is InChI=1S/C15H10FOTe/c16-13-8-4-7-12(9-13)14-10-15(18-17-14)11-5-2-1-3-6-11/h1-10H/q+1. The van der Waals surface area contributed by atoms with Gasteiger partial charge in [-0.15, -0.1) is 0 Å². The fraction of sp³-hybridized carbons (Fsp3) is 0. The first-order valence-corrected chi connectivity index (χ1v) is 7.69. The molecule has 1 aromatic heterocycles. The monoisotopic (exact) mass is 355 g/mol. The number of rotatable bonds is 2. The van der Waals surface area contributed by atoms with Gasteiger partial charge < -0.3 is 0 Å². The van der Waals surface area contributed by atoms with E-state index in [1.54, 1.807) is 6.07 Å². The van der Waals surface area contributed by atoms with Crippen molar-refractivity contribution in [3.8, 4) is 20.5 Å². The van der Waals surface area contributed by atoms with Crippen LogP contribution in [0.1, 0.15) is 0 Å². The summed E-state index contributed by atoms with van der Waals surface area (Å²) >= 11 is -0.661. The summed E-state index contributed by atoms with van der Waals surface area (Å²) in [5, 5.41) is 0. The molecule has 0 radical (unpaired) electrons. The molecule has 0 amide bonds. The molecule has 0 N–H and O–H groups in total. The van der Waals surface area contributed by atoms with Crippen molar-refractivity contribution in [1.29, 1.82) is 0 Å². The SMILES string of the molecule is Fc1cccc(-c2cc(-c3ccccc3)[te][o+]2)c1. The third kappa shape index (κ3) is 2.38. The van der Waals surface area contributed by atoms with Crippen LogP contribution in [-0.2, 0) is 0 Å². The Morgan fingerprint density at radius 2 is 1.61 bits per heavy atom. The fourth-order valence-corrected chi connectivity index (χ4v) is 3.79. The second-order valence-corrected chi connectivity index (χ2v) is 6.12. The Morgan fingerprint density at radius 3 is 2.39 bits per heavy atom. The quantitative estimate of drug-likeness (QED) is 0.499. The predicted molar refractivity (Wildman–Crippen MR) is 70.9 cm³/mol. The van der Waals surface area contributed by atoms with E-state index >= 15 is 0 Å². The van der Waals surface area contributed by atoms with E-state index in [9.17, 15) is 4.39 Å². The zero-order valence-electron chi connectivity index (χ0n) is 9.47. The summed E-state index contributed by atoms with van der Waals surface area (Å²) in [5.74, 6) is 0.557. The second-order valence-electron chi connectivity index (χ2n) is 3.92. The van der Waals surface area contributed by atoms with E-state index in [4.69, 9.17) is 2.76 Å². The van der Waals surface area contributed by atoms with Crippen LogP contribution < -0.4 is 0 Å². The van der Waals surface area contributed by atoms with Crippen molar-refractivity contribution in [2.45, 2.75) is 0 Å². The van der Waals surface area contributed by atoms with Gasteiger partial charge in [-0.1, -0.05) is 0 Å². The van der Waals surface area contributed by atoms with E-state index in [-0.39, 0.29) is 5.82 Å². The van der Waals surface area contributed by atoms with Crippen LogP contribution in [0.2, 0.25) is 0 Å². The molecule has 0 atom stereocenters. The zero-order chi connectivity index (χ0) is 12.4. The fourth-order valence-electron chi connectivity index (χ4n) is 1.76. The minimum absolute atomic E-state index is 0.231. The van der Waals surface area contributed by atoms with Gasteiger partial charge in [-0.3, -0.25) is 0 Å². The maximum atomic E-state index is 13.2. The summed E-state index contributed by atoms with van der Waals surface area (Å²) in [4.78, 5) is 0. The van der Waals surface area contributed by atoms with Gasteiger partial charge in [0.25, 0.3) is 0 Å². The average Bonchev–Trinajstić information content (AvgIpc) is 2.89.